The number of alkyl halides is 1. The van der Waals surface area contributed by atoms with E-state index in [-0.39, 0.29) is 17.2 Å². The average Bonchev–Trinajstić information content (AvgIpc) is 2.88. The fourth-order valence-electron chi connectivity index (χ4n) is 2.74. The fraction of sp³-hybridized carbons (Fsp3) is 0.643. The van der Waals surface area contributed by atoms with Crippen molar-refractivity contribution in [3.8, 4) is 0 Å². The number of carbonyl (C=O) groups excluding carboxylic acids is 1. The van der Waals surface area contributed by atoms with Crippen LogP contribution in [0, 0.1) is 12.8 Å². The molecule has 6 nitrogen and oxygen atoms in total. The molecule has 0 spiro atoms. The molecule has 2 atom stereocenters. The minimum Gasteiger partial charge on any atom is -0.368 e. The summed E-state index contributed by atoms with van der Waals surface area (Å²) in [5.41, 5.74) is 8.06. The molecule has 2 aromatic rings. The summed E-state index contributed by atoms with van der Waals surface area (Å²) in [6.07, 6.45) is 0. The van der Waals surface area contributed by atoms with E-state index in [9.17, 15) is 4.79 Å². The summed E-state index contributed by atoms with van der Waals surface area (Å²) in [7, 11) is 0. The van der Waals surface area contributed by atoms with Crippen molar-refractivity contribution in [2.24, 2.45) is 11.7 Å². The molecule has 1 amide bonds. The van der Waals surface area contributed by atoms with Gasteiger partial charge in [0, 0.05) is 6.54 Å². The molecule has 21 heavy (non-hydrogen) atoms. The molecule has 2 N–H and O–H groups in total. The Morgan fingerprint density at radius 1 is 1.38 bits per heavy atom. The standard InChI is InChI=1S/C14H22ClN5O/c1-6-19-14-10(9(5)18-19)17-13(8(4)15)20(14)11(7(2)3)12(16)21/h7-8,11H,6H2,1-5H3,(H2,16,21). The smallest absolute Gasteiger partial charge is 0.240 e. The molecule has 0 saturated heterocycles. The molecule has 0 fully saturated rings. The van der Waals surface area contributed by atoms with Gasteiger partial charge in [-0.3, -0.25) is 9.36 Å². The van der Waals surface area contributed by atoms with Crippen LogP contribution in [-0.2, 0) is 11.3 Å². The highest BCUT2D eigenvalue weighted by molar-refractivity contribution is 6.20. The number of carbonyl (C=O) groups is 1. The van der Waals surface area contributed by atoms with E-state index >= 15 is 0 Å². The second-order valence-corrected chi connectivity index (χ2v) is 6.28. The number of halogens is 1. The minimum atomic E-state index is -0.493. The molecule has 116 valence electrons. The summed E-state index contributed by atoms with van der Waals surface area (Å²) in [6, 6.07) is -0.493. The van der Waals surface area contributed by atoms with Gasteiger partial charge in [0.25, 0.3) is 0 Å². The number of aryl methyl sites for hydroxylation is 2. The summed E-state index contributed by atoms with van der Waals surface area (Å²) in [4.78, 5) is 16.6. The largest absolute Gasteiger partial charge is 0.368 e. The van der Waals surface area contributed by atoms with E-state index in [2.05, 4.69) is 10.1 Å². The van der Waals surface area contributed by atoms with Crippen molar-refractivity contribution in [2.45, 2.75) is 52.6 Å². The maximum absolute atomic E-state index is 12.0. The number of hydrogen-bond donors (Lipinski definition) is 1. The maximum atomic E-state index is 12.0. The van der Waals surface area contributed by atoms with Crippen LogP contribution in [0.25, 0.3) is 11.2 Å². The van der Waals surface area contributed by atoms with E-state index in [0.29, 0.717) is 12.4 Å². The molecular formula is C14H22ClN5O. The number of amides is 1. The third-order valence-corrected chi connectivity index (χ3v) is 3.82. The summed E-state index contributed by atoms with van der Waals surface area (Å²) < 4.78 is 3.71. The lowest BCUT2D eigenvalue weighted by Gasteiger charge is -2.23. The van der Waals surface area contributed by atoms with Crippen LogP contribution in [0.4, 0.5) is 0 Å². The number of nitrogens with two attached hydrogens (primary N) is 1. The van der Waals surface area contributed by atoms with Gasteiger partial charge in [-0.1, -0.05) is 13.8 Å². The number of primary amides is 1. The van der Waals surface area contributed by atoms with Crippen molar-refractivity contribution in [3.05, 3.63) is 11.5 Å². The number of hydrogen-bond acceptors (Lipinski definition) is 3. The van der Waals surface area contributed by atoms with Gasteiger partial charge >= 0.3 is 0 Å². The second-order valence-electron chi connectivity index (χ2n) is 5.62. The van der Waals surface area contributed by atoms with Crippen LogP contribution in [0.5, 0.6) is 0 Å². The molecule has 2 heterocycles. The Morgan fingerprint density at radius 3 is 2.43 bits per heavy atom. The number of imidazole rings is 1. The van der Waals surface area contributed by atoms with Gasteiger partial charge in [0.2, 0.25) is 5.91 Å². The highest BCUT2D eigenvalue weighted by Crippen LogP contribution is 2.32. The lowest BCUT2D eigenvalue weighted by atomic mass is 10.0. The van der Waals surface area contributed by atoms with Crippen LogP contribution in [0.15, 0.2) is 0 Å². The van der Waals surface area contributed by atoms with Crippen LogP contribution < -0.4 is 5.73 Å². The highest BCUT2D eigenvalue weighted by atomic mass is 35.5. The van der Waals surface area contributed by atoms with Crippen molar-refractivity contribution >= 4 is 28.7 Å². The molecule has 2 aromatic heterocycles. The third-order valence-electron chi connectivity index (χ3n) is 3.63. The summed E-state index contributed by atoms with van der Waals surface area (Å²) in [5.74, 6) is 0.311. The lowest BCUT2D eigenvalue weighted by Crippen LogP contribution is -2.32. The second kappa shape index (κ2) is 5.67. The van der Waals surface area contributed by atoms with Gasteiger partial charge in [-0.15, -0.1) is 11.6 Å². The first-order chi connectivity index (χ1) is 9.79. The van der Waals surface area contributed by atoms with Gasteiger partial charge in [0.05, 0.1) is 11.1 Å². The van der Waals surface area contributed by atoms with Crippen molar-refractivity contribution in [1.29, 1.82) is 0 Å². The van der Waals surface area contributed by atoms with Gasteiger partial charge in [0.15, 0.2) is 5.65 Å². The van der Waals surface area contributed by atoms with Crippen LogP contribution in [-0.4, -0.2) is 25.2 Å². The highest BCUT2D eigenvalue weighted by Gasteiger charge is 2.30. The van der Waals surface area contributed by atoms with Gasteiger partial charge in [-0.2, -0.15) is 5.10 Å². The van der Waals surface area contributed by atoms with Gasteiger partial charge in [-0.05, 0) is 26.7 Å². The van der Waals surface area contributed by atoms with E-state index in [1.165, 1.54) is 0 Å². The first-order valence-corrected chi connectivity index (χ1v) is 7.61. The number of rotatable bonds is 5. The quantitative estimate of drug-likeness (QED) is 0.862. The molecule has 2 rings (SSSR count). The summed E-state index contributed by atoms with van der Waals surface area (Å²) in [5, 5.41) is 4.15. The average molecular weight is 312 g/mol. The number of aromatic nitrogens is 4. The molecule has 2 unspecified atom stereocenters. The van der Waals surface area contributed by atoms with E-state index in [0.717, 1.165) is 16.9 Å². The van der Waals surface area contributed by atoms with E-state index in [4.69, 9.17) is 17.3 Å². The SMILES string of the molecule is CCn1nc(C)c2nc(C(C)Cl)n(C(C(N)=O)C(C)C)c21. The fourth-order valence-corrected chi connectivity index (χ4v) is 2.89. The zero-order valence-electron chi connectivity index (χ0n) is 13.1. The van der Waals surface area contributed by atoms with Crippen LogP contribution >= 0.6 is 11.6 Å². The molecular weight excluding hydrogens is 290 g/mol. The Hall–Kier alpha value is -1.56. The molecule has 0 saturated carbocycles. The van der Waals surface area contributed by atoms with Crippen LogP contribution in [0.2, 0.25) is 0 Å². The predicted octanol–water partition coefficient (Wildman–Crippen LogP) is 2.54. The zero-order valence-corrected chi connectivity index (χ0v) is 13.8. The Labute approximate surface area is 129 Å². The Morgan fingerprint density at radius 2 is 2.00 bits per heavy atom. The van der Waals surface area contributed by atoms with Gasteiger partial charge in [-0.25, -0.2) is 9.67 Å². The molecule has 0 radical (unpaired) electrons. The van der Waals surface area contributed by atoms with Crippen molar-refractivity contribution < 1.29 is 4.79 Å². The zero-order chi connectivity index (χ0) is 15.9. The third kappa shape index (κ3) is 2.52. The predicted molar refractivity (Wildman–Crippen MR) is 83.3 cm³/mol. The van der Waals surface area contributed by atoms with Gasteiger partial charge in [0.1, 0.15) is 17.4 Å². The first-order valence-electron chi connectivity index (χ1n) is 7.18. The summed E-state index contributed by atoms with van der Waals surface area (Å²) in [6.45, 7) is 10.4. The first kappa shape index (κ1) is 15.8. The maximum Gasteiger partial charge on any atom is 0.240 e. The van der Waals surface area contributed by atoms with E-state index < -0.39 is 6.04 Å². The minimum absolute atomic E-state index is 0.0366. The molecule has 0 aliphatic carbocycles. The number of nitrogens with zero attached hydrogens (tertiary/aromatic N) is 4. The molecule has 0 aliphatic heterocycles. The Balaban J connectivity index is 2.85. The van der Waals surface area contributed by atoms with Crippen LogP contribution in [0.1, 0.15) is 50.6 Å². The number of fused-ring (bicyclic) bond motifs is 1. The van der Waals surface area contributed by atoms with E-state index in [1.54, 1.807) is 0 Å². The Kier molecular flexibility index (Phi) is 4.27. The Bertz CT molecular complexity index is 670. The monoisotopic (exact) mass is 311 g/mol. The molecule has 7 heteroatoms. The van der Waals surface area contributed by atoms with Crippen molar-refractivity contribution in [2.75, 3.05) is 0 Å². The van der Waals surface area contributed by atoms with Crippen molar-refractivity contribution in [1.82, 2.24) is 19.3 Å². The van der Waals surface area contributed by atoms with Gasteiger partial charge < -0.3 is 5.73 Å². The topological polar surface area (TPSA) is 78.7 Å². The molecule has 0 bridgehead atoms. The normalized spacial score (nSPS) is 14.8. The van der Waals surface area contributed by atoms with Crippen molar-refractivity contribution in [3.63, 3.8) is 0 Å². The molecule has 0 aromatic carbocycles. The van der Waals surface area contributed by atoms with Crippen LogP contribution in [0.3, 0.4) is 0 Å². The van der Waals surface area contributed by atoms with E-state index in [1.807, 2.05) is 43.9 Å². The molecule has 0 aliphatic rings. The lowest BCUT2D eigenvalue weighted by molar-refractivity contribution is -0.122. The summed E-state index contributed by atoms with van der Waals surface area (Å²) >= 11 is 6.27.